The summed E-state index contributed by atoms with van der Waals surface area (Å²) in [6.07, 6.45) is 2.01. The molecule has 0 heterocycles. The Balaban J connectivity index is 2.58. The minimum absolute atomic E-state index is 0.0266. The van der Waals surface area contributed by atoms with Crippen molar-refractivity contribution in [2.45, 2.75) is 20.5 Å². The number of alkyl carbamates (subject to hydrolysis) is 1. The summed E-state index contributed by atoms with van der Waals surface area (Å²) in [5.41, 5.74) is 0.749. The van der Waals surface area contributed by atoms with Crippen molar-refractivity contribution in [1.29, 1.82) is 0 Å². The second-order valence-electron chi connectivity index (χ2n) is 4.54. The van der Waals surface area contributed by atoms with Crippen molar-refractivity contribution >= 4 is 18.0 Å². The molecule has 0 aliphatic rings. The standard InChI is InChI=1S/C17H20N2O5/c1-4-13(15(20)18-14(5-2)16(21)23-3)19-17(22)24-11-12-9-7-6-8-10-12/h4-10H,11H2,1-3H3,(H,18,20)(H,19,22). The molecule has 0 aliphatic carbocycles. The molecule has 1 rings (SSSR count). The van der Waals surface area contributed by atoms with Gasteiger partial charge in [0.25, 0.3) is 5.91 Å². The fourth-order valence-corrected chi connectivity index (χ4v) is 1.67. The molecule has 0 aromatic heterocycles. The molecule has 0 saturated carbocycles. The number of nitrogens with one attached hydrogen (secondary N) is 2. The van der Waals surface area contributed by atoms with Gasteiger partial charge in [0.1, 0.15) is 18.0 Å². The van der Waals surface area contributed by atoms with Gasteiger partial charge in [-0.3, -0.25) is 10.1 Å². The van der Waals surface area contributed by atoms with Gasteiger partial charge in [-0.25, -0.2) is 9.59 Å². The Labute approximate surface area is 140 Å². The third-order valence-electron chi connectivity index (χ3n) is 2.92. The molecule has 24 heavy (non-hydrogen) atoms. The molecule has 0 unspecified atom stereocenters. The lowest BCUT2D eigenvalue weighted by molar-refractivity contribution is -0.137. The number of rotatable bonds is 6. The Morgan fingerprint density at radius 3 is 2.17 bits per heavy atom. The molecule has 2 amide bonds. The van der Waals surface area contributed by atoms with Gasteiger partial charge in [-0.2, -0.15) is 0 Å². The van der Waals surface area contributed by atoms with Crippen molar-refractivity contribution in [3.05, 3.63) is 59.4 Å². The smallest absolute Gasteiger partial charge is 0.412 e. The largest absolute Gasteiger partial charge is 0.464 e. The molecule has 7 heteroatoms. The maximum atomic E-state index is 12.1. The number of benzene rings is 1. The number of carbonyl (C=O) groups excluding carboxylic acids is 3. The zero-order chi connectivity index (χ0) is 17.9. The molecule has 128 valence electrons. The molecule has 0 radical (unpaired) electrons. The van der Waals surface area contributed by atoms with Crippen LogP contribution in [0.4, 0.5) is 4.79 Å². The van der Waals surface area contributed by atoms with Crippen LogP contribution in [0.15, 0.2) is 53.9 Å². The van der Waals surface area contributed by atoms with Gasteiger partial charge in [-0.1, -0.05) is 42.5 Å². The van der Waals surface area contributed by atoms with E-state index in [2.05, 4.69) is 15.4 Å². The number of esters is 1. The molecule has 0 saturated heterocycles. The van der Waals surface area contributed by atoms with Crippen molar-refractivity contribution in [3.63, 3.8) is 0 Å². The van der Waals surface area contributed by atoms with Gasteiger partial charge in [-0.05, 0) is 19.4 Å². The van der Waals surface area contributed by atoms with Crippen LogP contribution in [0, 0.1) is 0 Å². The van der Waals surface area contributed by atoms with Crippen LogP contribution < -0.4 is 10.6 Å². The maximum Gasteiger partial charge on any atom is 0.412 e. The van der Waals surface area contributed by atoms with E-state index in [0.29, 0.717) is 0 Å². The lowest BCUT2D eigenvalue weighted by atomic mass is 10.2. The number of allylic oxidation sites excluding steroid dienone is 2. The van der Waals surface area contributed by atoms with Crippen LogP contribution in [0.1, 0.15) is 19.4 Å². The van der Waals surface area contributed by atoms with Crippen LogP contribution in [0.3, 0.4) is 0 Å². The first-order valence-electron chi connectivity index (χ1n) is 7.21. The van der Waals surface area contributed by atoms with Crippen LogP contribution >= 0.6 is 0 Å². The highest BCUT2D eigenvalue weighted by Gasteiger charge is 2.17. The highest BCUT2D eigenvalue weighted by Crippen LogP contribution is 2.02. The van der Waals surface area contributed by atoms with Crippen molar-refractivity contribution < 1.29 is 23.9 Å². The van der Waals surface area contributed by atoms with E-state index in [4.69, 9.17) is 4.74 Å². The quantitative estimate of drug-likeness (QED) is 0.614. The van der Waals surface area contributed by atoms with Crippen LogP contribution in [-0.2, 0) is 25.7 Å². The Morgan fingerprint density at radius 1 is 1.00 bits per heavy atom. The fourth-order valence-electron chi connectivity index (χ4n) is 1.67. The number of ether oxygens (including phenoxy) is 2. The van der Waals surface area contributed by atoms with Gasteiger partial charge >= 0.3 is 12.1 Å². The van der Waals surface area contributed by atoms with E-state index in [1.165, 1.54) is 19.3 Å². The first-order chi connectivity index (χ1) is 11.5. The monoisotopic (exact) mass is 332 g/mol. The van der Waals surface area contributed by atoms with Crippen molar-refractivity contribution in [2.75, 3.05) is 7.11 Å². The third kappa shape index (κ3) is 5.96. The first kappa shape index (κ1) is 19.0. The summed E-state index contributed by atoms with van der Waals surface area (Å²) in [6.45, 7) is 3.22. The van der Waals surface area contributed by atoms with Gasteiger partial charge in [0.2, 0.25) is 0 Å². The summed E-state index contributed by atoms with van der Waals surface area (Å²) in [6, 6.07) is 9.13. The molecule has 0 atom stereocenters. The van der Waals surface area contributed by atoms with Crippen molar-refractivity contribution in [3.8, 4) is 0 Å². The molecule has 0 spiro atoms. The van der Waals surface area contributed by atoms with E-state index in [1.54, 1.807) is 13.8 Å². The second kappa shape index (κ2) is 9.83. The summed E-state index contributed by atoms with van der Waals surface area (Å²) in [7, 11) is 1.20. The van der Waals surface area contributed by atoms with Gasteiger partial charge in [0, 0.05) is 0 Å². The zero-order valence-electron chi connectivity index (χ0n) is 13.8. The number of hydrogen-bond acceptors (Lipinski definition) is 5. The highest BCUT2D eigenvalue weighted by molar-refractivity contribution is 6.01. The summed E-state index contributed by atoms with van der Waals surface area (Å²) in [4.78, 5) is 35.3. The predicted octanol–water partition coefficient (Wildman–Crippen LogP) is 2.01. The number of methoxy groups -OCH3 is 1. The Morgan fingerprint density at radius 2 is 1.62 bits per heavy atom. The van der Waals surface area contributed by atoms with Gasteiger partial charge < -0.3 is 14.8 Å². The Bertz CT molecular complexity index is 650. The average molecular weight is 332 g/mol. The molecule has 7 nitrogen and oxygen atoms in total. The number of amides is 2. The number of carbonyl (C=O) groups is 3. The minimum Gasteiger partial charge on any atom is -0.464 e. The van der Waals surface area contributed by atoms with E-state index in [0.717, 1.165) is 5.56 Å². The molecule has 0 bridgehead atoms. The van der Waals surface area contributed by atoms with E-state index in [1.807, 2.05) is 30.3 Å². The SMILES string of the molecule is CC=C(NC(=O)OCc1ccccc1)C(=O)NC(=CC)C(=O)OC. The van der Waals surface area contributed by atoms with E-state index < -0.39 is 18.0 Å². The van der Waals surface area contributed by atoms with E-state index >= 15 is 0 Å². The lowest BCUT2D eigenvalue weighted by Gasteiger charge is -2.11. The molecular weight excluding hydrogens is 312 g/mol. The van der Waals surface area contributed by atoms with Crippen LogP contribution in [0.25, 0.3) is 0 Å². The zero-order valence-corrected chi connectivity index (χ0v) is 13.8. The molecule has 2 N–H and O–H groups in total. The third-order valence-corrected chi connectivity index (χ3v) is 2.92. The van der Waals surface area contributed by atoms with Crippen LogP contribution in [-0.4, -0.2) is 25.1 Å². The van der Waals surface area contributed by atoms with Gasteiger partial charge in [-0.15, -0.1) is 0 Å². The van der Waals surface area contributed by atoms with Crippen LogP contribution in [0.2, 0.25) is 0 Å². The summed E-state index contributed by atoms with van der Waals surface area (Å²) < 4.78 is 9.57. The minimum atomic E-state index is -0.776. The van der Waals surface area contributed by atoms with Gasteiger partial charge in [0.05, 0.1) is 7.11 Å². The molecule has 0 fully saturated rings. The summed E-state index contributed by atoms with van der Waals surface area (Å²) in [5, 5.41) is 4.69. The molecule has 1 aromatic rings. The number of hydrogen-bond donors (Lipinski definition) is 2. The summed E-state index contributed by atoms with van der Waals surface area (Å²) >= 11 is 0. The first-order valence-corrected chi connectivity index (χ1v) is 7.21. The lowest BCUT2D eigenvalue weighted by Crippen LogP contribution is -2.36. The topological polar surface area (TPSA) is 93.7 Å². The molecular formula is C17H20N2O5. The molecule has 0 aliphatic heterocycles. The summed E-state index contributed by atoms with van der Waals surface area (Å²) in [5.74, 6) is -1.35. The fraction of sp³-hybridized carbons (Fsp3) is 0.235. The highest BCUT2D eigenvalue weighted by atomic mass is 16.5. The second-order valence-corrected chi connectivity index (χ2v) is 4.54. The van der Waals surface area contributed by atoms with E-state index in [9.17, 15) is 14.4 Å². The average Bonchev–Trinajstić information content (AvgIpc) is 2.62. The predicted molar refractivity (Wildman–Crippen MR) is 87.4 cm³/mol. The van der Waals surface area contributed by atoms with Crippen molar-refractivity contribution in [2.24, 2.45) is 0 Å². The Kier molecular flexibility index (Phi) is 7.77. The Hall–Kier alpha value is -3.09. The van der Waals surface area contributed by atoms with Gasteiger partial charge in [0.15, 0.2) is 0 Å². The normalized spacial score (nSPS) is 11.5. The molecule has 1 aromatic carbocycles. The van der Waals surface area contributed by atoms with Crippen LogP contribution in [0.5, 0.6) is 0 Å². The maximum absolute atomic E-state index is 12.1. The van der Waals surface area contributed by atoms with Crippen molar-refractivity contribution in [1.82, 2.24) is 10.6 Å². The van der Waals surface area contributed by atoms with E-state index in [-0.39, 0.29) is 18.0 Å².